The fraction of sp³-hybridized carbons (Fsp3) is 0.571. The van der Waals surface area contributed by atoms with Crippen LogP contribution in [0.4, 0.5) is 4.39 Å². The van der Waals surface area contributed by atoms with E-state index in [0.29, 0.717) is 0 Å². The third-order valence-electron chi connectivity index (χ3n) is 3.39. The van der Waals surface area contributed by atoms with Crippen LogP contribution in [0, 0.1) is 11.7 Å². The molecule has 94 valence electrons. The lowest BCUT2D eigenvalue weighted by molar-refractivity contribution is 0.315. The Kier molecular flexibility index (Phi) is 4.13. The van der Waals surface area contributed by atoms with Crippen molar-refractivity contribution in [2.45, 2.75) is 26.4 Å². The van der Waals surface area contributed by atoms with Crippen molar-refractivity contribution in [1.29, 1.82) is 0 Å². The van der Waals surface area contributed by atoms with E-state index in [0.717, 1.165) is 43.2 Å². The molecule has 2 nitrogen and oxygen atoms in total. The van der Waals surface area contributed by atoms with Gasteiger partial charge in [0.25, 0.3) is 0 Å². The Hall–Kier alpha value is -0.930. The monoisotopic (exact) mass is 236 g/mol. The topological polar surface area (TPSA) is 15.3 Å². The van der Waals surface area contributed by atoms with Gasteiger partial charge in [-0.1, -0.05) is 19.1 Å². The lowest BCUT2D eigenvalue weighted by Crippen LogP contribution is -2.20. The molecule has 1 heterocycles. The summed E-state index contributed by atoms with van der Waals surface area (Å²) in [6.07, 6.45) is 1.23. The Balaban J connectivity index is 2.06. The van der Waals surface area contributed by atoms with E-state index in [1.165, 1.54) is 6.42 Å². The molecule has 0 aromatic heterocycles. The van der Waals surface area contributed by atoms with E-state index in [9.17, 15) is 4.39 Å². The second-order valence-electron chi connectivity index (χ2n) is 5.09. The zero-order valence-electron chi connectivity index (χ0n) is 10.7. The maximum Gasteiger partial charge on any atom is 0.127 e. The average molecular weight is 236 g/mol. The Morgan fingerprint density at radius 1 is 1.47 bits per heavy atom. The van der Waals surface area contributed by atoms with Gasteiger partial charge in [0, 0.05) is 25.2 Å². The zero-order chi connectivity index (χ0) is 12.3. The van der Waals surface area contributed by atoms with Crippen LogP contribution in [-0.2, 0) is 13.1 Å². The summed E-state index contributed by atoms with van der Waals surface area (Å²) in [6, 6.07) is 5.41. The highest BCUT2D eigenvalue weighted by Crippen LogP contribution is 2.20. The number of halogens is 1. The summed E-state index contributed by atoms with van der Waals surface area (Å²) in [4.78, 5) is 2.34. The van der Waals surface area contributed by atoms with Gasteiger partial charge in [0.1, 0.15) is 5.82 Å². The first kappa shape index (κ1) is 12.5. The normalized spacial score (nSPS) is 21.0. The Labute approximate surface area is 103 Å². The molecule has 1 fully saturated rings. The van der Waals surface area contributed by atoms with Crippen molar-refractivity contribution in [3.05, 3.63) is 35.1 Å². The molecule has 17 heavy (non-hydrogen) atoms. The van der Waals surface area contributed by atoms with Gasteiger partial charge in [-0.05, 0) is 37.6 Å². The van der Waals surface area contributed by atoms with Crippen LogP contribution in [0.15, 0.2) is 18.2 Å². The minimum absolute atomic E-state index is 0.0793. The molecule has 2 rings (SSSR count). The van der Waals surface area contributed by atoms with Crippen molar-refractivity contribution in [2.24, 2.45) is 5.92 Å². The first-order valence-electron chi connectivity index (χ1n) is 6.33. The molecule has 1 saturated heterocycles. The molecule has 1 aliphatic rings. The van der Waals surface area contributed by atoms with Gasteiger partial charge in [-0.15, -0.1) is 0 Å². The highest BCUT2D eigenvalue weighted by atomic mass is 19.1. The van der Waals surface area contributed by atoms with Gasteiger partial charge in [-0.2, -0.15) is 0 Å². The van der Waals surface area contributed by atoms with Crippen LogP contribution in [0.3, 0.4) is 0 Å². The molecule has 0 spiro atoms. The predicted octanol–water partition coefficient (Wildman–Crippen LogP) is 2.39. The van der Waals surface area contributed by atoms with E-state index < -0.39 is 0 Å². The molecule has 1 N–H and O–H groups in total. The van der Waals surface area contributed by atoms with E-state index in [2.05, 4.69) is 17.1 Å². The van der Waals surface area contributed by atoms with Crippen LogP contribution in [0.2, 0.25) is 0 Å². The van der Waals surface area contributed by atoms with Crippen molar-refractivity contribution in [3.8, 4) is 0 Å². The van der Waals surface area contributed by atoms with Crippen molar-refractivity contribution in [2.75, 3.05) is 20.1 Å². The number of nitrogens with one attached hydrogen (secondary N) is 1. The molecule has 0 aliphatic carbocycles. The molecule has 1 aromatic carbocycles. The second-order valence-corrected chi connectivity index (χ2v) is 5.09. The molecule has 0 radical (unpaired) electrons. The first-order valence-corrected chi connectivity index (χ1v) is 6.33. The number of hydrogen-bond acceptors (Lipinski definition) is 2. The molecule has 0 saturated carbocycles. The summed E-state index contributed by atoms with van der Waals surface area (Å²) < 4.78 is 13.7. The maximum atomic E-state index is 13.7. The summed E-state index contributed by atoms with van der Waals surface area (Å²) in [5.74, 6) is 0.669. The van der Waals surface area contributed by atoms with Crippen molar-refractivity contribution < 1.29 is 4.39 Å². The molecule has 1 aliphatic heterocycles. The van der Waals surface area contributed by atoms with Gasteiger partial charge in [0.2, 0.25) is 0 Å². The number of rotatable bonds is 4. The van der Waals surface area contributed by atoms with Gasteiger partial charge >= 0.3 is 0 Å². The standard InChI is InChI=1S/C14H21FN2/c1-11-5-6-17(9-11)10-13-7-12(8-16-2)3-4-14(13)15/h3-4,7,11,16H,5-6,8-10H2,1-2H3. The quantitative estimate of drug-likeness (QED) is 0.863. The fourth-order valence-corrected chi connectivity index (χ4v) is 2.47. The van der Waals surface area contributed by atoms with E-state index in [4.69, 9.17) is 0 Å². The van der Waals surface area contributed by atoms with Gasteiger partial charge < -0.3 is 5.32 Å². The van der Waals surface area contributed by atoms with E-state index in [1.807, 2.05) is 19.2 Å². The summed E-state index contributed by atoms with van der Waals surface area (Å²) in [5.41, 5.74) is 1.97. The lowest BCUT2D eigenvalue weighted by atomic mass is 10.1. The molecular formula is C14H21FN2. The Bertz CT molecular complexity index is 378. The van der Waals surface area contributed by atoms with Crippen molar-refractivity contribution >= 4 is 0 Å². The van der Waals surface area contributed by atoms with Crippen LogP contribution in [-0.4, -0.2) is 25.0 Å². The van der Waals surface area contributed by atoms with E-state index in [1.54, 1.807) is 6.07 Å². The van der Waals surface area contributed by atoms with E-state index >= 15 is 0 Å². The third kappa shape index (κ3) is 3.27. The van der Waals surface area contributed by atoms with Gasteiger partial charge in [0.05, 0.1) is 0 Å². The lowest BCUT2D eigenvalue weighted by Gasteiger charge is -2.16. The van der Waals surface area contributed by atoms with E-state index in [-0.39, 0.29) is 5.82 Å². The van der Waals surface area contributed by atoms with Gasteiger partial charge in [-0.25, -0.2) is 4.39 Å². The number of hydrogen-bond donors (Lipinski definition) is 1. The predicted molar refractivity (Wildman–Crippen MR) is 68.2 cm³/mol. The molecule has 1 aromatic rings. The second kappa shape index (κ2) is 5.61. The smallest absolute Gasteiger partial charge is 0.127 e. The molecule has 0 bridgehead atoms. The van der Waals surface area contributed by atoms with Crippen LogP contribution in [0.5, 0.6) is 0 Å². The minimum Gasteiger partial charge on any atom is -0.316 e. The number of benzene rings is 1. The summed E-state index contributed by atoms with van der Waals surface area (Å²) in [6.45, 7) is 5.98. The SMILES string of the molecule is CNCc1ccc(F)c(CN2CCC(C)C2)c1. The van der Waals surface area contributed by atoms with Crippen LogP contribution in [0.1, 0.15) is 24.5 Å². The fourth-order valence-electron chi connectivity index (χ4n) is 2.47. The zero-order valence-corrected chi connectivity index (χ0v) is 10.7. The Morgan fingerprint density at radius 3 is 2.94 bits per heavy atom. The van der Waals surface area contributed by atoms with Crippen molar-refractivity contribution in [1.82, 2.24) is 10.2 Å². The van der Waals surface area contributed by atoms with Crippen molar-refractivity contribution in [3.63, 3.8) is 0 Å². The van der Waals surface area contributed by atoms with Gasteiger partial charge in [-0.3, -0.25) is 4.90 Å². The first-order chi connectivity index (χ1) is 8.19. The molecule has 3 heteroatoms. The van der Waals surface area contributed by atoms with Crippen LogP contribution in [0.25, 0.3) is 0 Å². The highest BCUT2D eigenvalue weighted by molar-refractivity contribution is 5.25. The van der Waals surface area contributed by atoms with Crippen LogP contribution >= 0.6 is 0 Å². The van der Waals surface area contributed by atoms with Gasteiger partial charge in [0.15, 0.2) is 0 Å². The maximum absolute atomic E-state index is 13.7. The largest absolute Gasteiger partial charge is 0.316 e. The summed E-state index contributed by atoms with van der Waals surface area (Å²) >= 11 is 0. The summed E-state index contributed by atoms with van der Waals surface area (Å²) in [7, 11) is 1.91. The molecular weight excluding hydrogens is 215 g/mol. The average Bonchev–Trinajstić information content (AvgIpc) is 2.69. The molecule has 0 amide bonds. The Morgan fingerprint density at radius 2 is 2.29 bits per heavy atom. The molecule has 1 unspecified atom stereocenters. The highest BCUT2D eigenvalue weighted by Gasteiger charge is 2.19. The minimum atomic E-state index is -0.0793. The summed E-state index contributed by atoms with van der Waals surface area (Å²) in [5, 5.41) is 3.10. The number of likely N-dealkylation sites (tertiary alicyclic amines) is 1. The van der Waals surface area contributed by atoms with Crippen LogP contribution < -0.4 is 5.32 Å². The number of nitrogens with zero attached hydrogens (tertiary/aromatic N) is 1. The third-order valence-corrected chi connectivity index (χ3v) is 3.39. The molecule has 1 atom stereocenters.